The van der Waals surface area contributed by atoms with Crippen LogP contribution in [-0.4, -0.2) is 56.3 Å². The number of aryl methyl sites for hydroxylation is 2. The van der Waals surface area contributed by atoms with E-state index in [-0.39, 0.29) is 11.4 Å². The maximum atomic E-state index is 12.3. The number of hydrogen-bond donors (Lipinski definition) is 2. The van der Waals surface area contributed by atoms with E-state index in [0.29, 0.717) is 31.1 Å². The van der Waals surface area contributed by atoms with Crippen molar-refractivity contribution in [2.75, 3.05) is 33.4 Å². The Bertz CT molecular complexity index is 464. The predicted molar refractivity (Wildman–Crippen MR) is 67.8 cm³/mol. The summed E-state index contributed by atoms with van der Waals surface area (Å²) in [6.07, 6.45) is 0. The van der Waals surface area contributed by atoms with Crippen molar-refractivity contribution in [3.05, 3.63) is 11.4 Å². The fourth-order valence-electron chi connectivity index (χ4n) is 1.58. The Labute approximate surface area is 107 Å². The molecular weight excluding hydrogens is 256 g/mol. The zero-order valence-corrected chi connectivity index (χ0v) is 11.7. The Morgan fingerprint density at radius 3 is 2.56 bits per heavy atom. The van der Waals surface area contributed by atoms with Gasteiger partial charge in [0.2, 0.25) is 10.0 Å². The van der Waals surface area contributed by atoms with Gasteiger partial charge in [0.15, 0.2) is 0 Å². The van der Waals surface area contributed by atoms with E-state index in [1.54, 1.807) is 13.8 Å². The molecule has 3 N–H and O–H groups in total. The van der Waals surface area contributed by atoms with E-state index in [1.165, 1.54) is 11.4 Å². The molecule has 0 spiro atoms. The molecule has 0 aliphatic carbocycles. The highest BCUT2D eigenvalue weighted by molar-refractivity contribution is 7.89. The number of nitrogens with one attached hydrogen (secondary N) is 1. The van der Waals surface area contributed by atoms with Crippen molar-refractivity contribution in [3.8, 4) is 0 Å². The number of aromatic amines is 1. The number of sulfonamides is 1. The first-order chi connectivity index (χ1) is 8.41. The van der Waals surface area contributed by atoms with Crippen LogP contribution in [0.5, 0.6) is 0 Å². The van der Waals surface area contributed by atoms with Gasteiger partial charge < -0.3 is 10.5 Å². The number of ether oxygens (including phenoxy) is 1. The summed E-state index contributed by atoms with van der Waals surface area (Å²) >= 11 is 0. The molecule has 0 saturated heterocycles. The van der Waals surface area contributed by atoms with Crippen LogP contribution in [0, 0.1) is 13.8 Å². The van der Waals surface area contributed by atoms with E-state index in [2.05, 4.69) is 10.2 Å². The van der Waals surface area contributed by atoms with Gasteiger partial charge in [-0.25, -0.2) is 8.42 Å². The summed E-state index contributed by atoms with van der Waals surface area (Å²) in [6, 6.07) is 0. The standard InChI is InChI=1S/C10H20N4O3S/c1-8-10(9(2)13-12-8)18(15,16)14(3)5-7-17-6-4-11/h4-7,11H2,1-3H3,(H,12,13). The first-order valence-electron chi connectivity index (χ1n) is 5.67. The summed E-state index contributed by atoms with van der Waals surface area (Å²) in [7, 11) is -1.99. The molecule has 0 amide bonds. The van der Waals surface area contributed by atoms with Gasteiger partial charge in [0.25, 0.3) is 0 Å². The highest BCUT2D eigenvalue weighted by atomic mass is 32.2. The Balaban J connectivity index is 2.75. The maximum Gasteiger partial charge on any atom is 0.246 e. The number of nitrogens with zero attached hydrogens (tertiary/aromatic N) is 2. The third-order valence-electron chi connectivity index (χ3n) is 2.54. The van der Waals surface area contributed by atoms with E-state index in [0.717, 1.165) is 0 Å². The lowest BCUT2D eigenvalue weighted by Crippen LogP contribution is -2.31. The molecule has 0 aliphatic rings. The fourth-order valence-corrected chi connectivity index (χ4v) is 3.05. The van der Waals surface area contributed by atoms with Crippen molar-refractivity contribution < 1.29 is 13.2 Å². The average Bonchev–Trinajstić information content (AvgIpc) is 2.64. The van der Waals surface area contributed by atoms with Gasteiger partial charge in [0, 0.05) is 20.1 Å². The van der Waals surface area contributed by atoms with E-state index in [1.807, 2.05) is 0 Å². The third-order valence-corrected chi connectivity index (χ3v) is 4.66. The van der Waals surface area contributed by atoms with Crippen molar-refractivity contribution >= 4 is 10.0 Å². The molecule has 8 heteroatoms. The Hall–Kier alpha value is -0.960. The van der Waals surface area contributed by atoms with E-state index in [9.17, 15) is 8.42 Å². The first-order valence-corrected chi connectivity index (χ1v) is 7.11. The summed E-state index contributed by atoms with van der Waals surface area (Å²) in [5.74, 6) is 0. The molecule has 0 unspecified atom stereocenters. The van der Waals surface area contributed by atoms with Crippen molar-refractivity contribution in [3.63, 3.8) is 0 Å². The van der Waals surface area contributed by atoms with Gasteiger partial charge in [-0.15, -0.1) is 0 Å². The summed E-state index contributed by atoms with van der Waals surface area (Å²) in [5.41, 5.74) is 6.30. The Morgan fingerprint density at radius 1 is 1.39 bits per heavy atom. The molecule has 0 fully saturated rings. The SMILES string of the molecule is Cc1n[nH]c(C)c1S(=O)(=O)N(C)CCOCCN. The van der Waals surface area contributed by atoms with E-state index >= 15 is 0 Å². The van der Waals surface area contributed by atoms with Gasteiger partial charge in [0.1, 0.15) is 4.90 Å². The minimum Gasteiger partial charge on any atom is -0.379 e. The van der Waals surface area contributed by atoms with Crippen LogP contribution in [0.3, 0.4) is 0 Å². The number of rotatable bonds is 7. The van der Waals surface area contributed by atoms with Crippen LogP contribution in [-0.2, 0) is 14.8 Å². The lowest BCUT2D eigenvalue weighted by Gasteiger charge is -2.17. The van der Waals surface area contributed by atoms with Crippen molar-refractivity contribution in [2.24, 2.45) is 5.73 Å². The van der Waals surface area contributed by atoms with Crippen LogP contribution in [0.1, 0.15) is 11.4 Å². The molecule has 1 aromatic rings. The van der Waals surface area contributed by atoms with Crippen LogP contribution >= 0.6 is 0 Å². The average molecular weight is 276 g/mol. The molecule has 1 rings (SSSR count). The van der Waals surface area contributed by atoms with E-state index < -0.39 is 10.0 Å². The van der Waals surface area contributed by atoms with Gasteiger partial charge in [-0.3, -0.25) is 5.10 Å². The highest BCUT2D eigenvalue weighted by Gasteiger charge is 2.26. The molecule has 18 heavy (non-hydrogen) atoms. The molecular formula is C10H20N4O3S. The van der Waals surface area contributed by atoms with Gasteiger partial charge in [0.05, 0.1) is 24.6 Å². The van der Waals surface area contributed by atoms with Crippen molar-refractivity contribution in [1.82, 2.24) is 14.5 Å². The van der Waals surface area contributed by atoms with E-state index in [4.69, 9.17) is 10.5 Å². The van der Waals surface area contributed by atoms with Crippen LogP contribution in [0.15, 0.2) is 4.90 Å². The quantitative estimate of drug-likeness (QED) is 0.661. The lowest BCUT2D eigenvalue weighted by molar-refractivity contribution is 0.133. The molecule has 104 valence electrons. The molecule has 0 atom stereocenters. The van der Waals surface area contributed by atoms with Crippen LogP contribution in [0.4, 0.5) is 0 Å². The Kier molecular flexibility index (Phi) is 5.27. The second-order valence-corrected chi connectivity index (χ2v) is 5.97. The molecule has 0 bridgehead atoms. The molecule has 0 aliphatic heterocycles. The summed E-state index contributed by atoms with van der Waals surface area (Å²) in [4.78, 5) is 0.240. The van der Waals surface area contributed by atoms with Gasteiger partial charge in [-0.05, 0) is 13.8 Å². The first kappa shape index (κ1) is 15.1. The lowest BCUT2D eigenvalue weighted by atomic mass is 10.4. The minimum absolute atomic E-state index is 0.240. The normalized spacial score (nSPS) is 12.3. The number of H-pyrrole nitrogens is 1. The van der Waals surface area contributed by atoms with Gasteiger partial charge in [-0.1, -0.05) is 0 Å². The second kappa shape index (κ2) is 6.28. The molecule has 0 saturated carbocycles. The van der Waals surface area contributed by atoms with Gasteiger partial charge >= 0.3 is 0 Å². The Morgan fingerprint density at radius 2 is 2.06 bits per heavy atom. The fraction of sp³-hybridized carbons (Fsp3) is 0.700. The molecule has 1 aromatic heterocycles. The topological polar surface area (TPSA) is 101 Å². The zero-order chi connectivity index (χ0) is 13.8. The number of aromatic nitrogens is 2. The molecule has 7 nitrogen and oxygen atoms in total. The number of likely N-dealkylation sites (N-methyl/N-ethyl adjacent to an activating group) is 1. The van der Waals surface area contributed by atoms with Crippen LogP contribution < -0.4 is 5.73 Å². The van der Waals surface area contributed by atoms with Crippen LogP contribution in [0.25, 0.3) is 0 Å². The molecule has 1 heterocycles. The monoisotopic (exact) mass is 276 g/mol. The number of nitrogens with two attached hydrogens (primary N) is 1. The summed E-state index contributed by atoms with van der Waals surface area (Å²) in [5, 5.41) is 6.57. The van der Waals surface area contributed by atoms with Crippen molar-refractivity contribution in [2.45, 2.75) is 18.7 Å². The van der Waals surface area contributed by atoms with Crippen molar-refractivity contribution in [1.29, 1.82) is 0 Å². The van der Waals surface area contributed by atoms with Gasteiger partial charge in [-0.2, -0.15) is 9.40 Å². The third kappa shape index (κ3) is 3.29. The smallest absolute Gasteiger partial charge is 0.246 e. The predicted octanol–water partition coefficient (Wildman–Crippen LogP) is -0.378. The minimum atomic E-state index is -3.52. The number of hydrogen-bond acceptors (Lipinski definition) is 5. The second-order valence-electron chi connectivity index (χ2n) is 3.99. The molecule has 0 radical (unpaired) electrons. The van der Waals surface area contributed by atoms with Crippen LogP contribution in [0.2, 0.25) is 0 Å². The summed E-state index contributed by atoms with van der Waals surface area (Å²) < 4.78 is 31.0. The summed E-state index contributed by atoms with van der Waals surface area (Å²) in [6.45, 7) is 4.81. The maximum absolute atomic E-state index is 12.3. The zero-order valence-electron chi connectivity index (χ0n) is 10.9. The molecule has 0 aromatic carbocycles. The largest absolute Gasteiger partial charge is 0.379 e. The highest BCUT2D eigenvalue weighted by Crippen LogP contribution is 2.20.